The topological polar surface area (TPSA) is 27.7 Å². The fourth-order valence-electron chi connectivity index (χ4n) is 0.524. The molecule has 0 fully saturated rings. The van der Waals surface area contributed by atoms with Gasteiger partial charge in [-0.1, -0.05) is 18.2 Å². The van der Waals surface area contributed by atoms with Gasteiger partial charge in [-0.2, -0.15) is 0 Å². The molecular formula is C9H15BO3. The highest BCUT2D eigenvalue weighted by Crippen LogP contribution is 1.95. The van der Waals surface area contributed by atoms with Gasteiger partial charge >= 0.3 is 7.32 Å². The van der Waals surface area contributed by atoms with Crippen molar-refractivity contribution in [1.82, 2.24) is 0 Å². The molecule has 0 saturated heterocycles. The Morgan fingerprint density at radius 3 is 1.23 bits per heavy atom. The predicted octanol–water partition coefficient (Wildman–Crippen LogP) is 2.62. The molecule has 3 nitrogen and oxygen atoms in total. The van der Waals surface area contributed by atoms with Crippen LogP contribution in [0.4, 0.5) is 0 Å². The van der Waals surface area contributed by atoms with Gasteiger partial charge in [-0.3, -0.25) is 0 Å². The highest BCUT2D eigenvalue weighted by atomic mass is 16.7. The van der Waals surface area contributed by atoms with E-state index < -0.39 is 7.32 Å². The van der Waals surface area contributed by atoms with Crippen molar-refractivity contribution in [3.05, 3.63) is 37.0 Å². The van der Waals surface area contributed by atoms with E-state index in [0.29, 0.717) is 0 Å². The van der Waals surface area contributed by atoms with Crippen LogP contribution >= 0.6 is 0 Å². The predicted molar refractivity (Wildman–Crippen MR) is 53.5 cm³/mol. The molecule has 0 rings (SSSR count). The maximum absolute atomic E-state index is 5.07. The van der Waals surface area contributed by atoms with Crippen LogP contribution in [0, 0.1) is 0 Å². The van der Waals surface area contributed by atoms with Crippen molar-refractivity contribution in [1.29, 1.82) is 0 Å². The van der Waals surface area contributed by atoms with Crippen molar-refractivity contribution in [2.75, 3.05) is 0 Å². The molecule has 4 heteroatoms. The lowest BCUT2D eigenvalue weighted by Crippen LogP contribution is -2.20. The Bertz CT molecular complexity index is 154. The van der Waals surface area contributed by atoms with Gasteiger partial charge in [0.15, 0.2) is 0 Å². The smallest absolute Gasteiger partial charge is 0.497 e. The van der Waals surface area contributed by atoms with Gasteiger partial charge in [0.25, 0.3) is 0 Å². The van der Waals surface area contributed by atoms with Gasteiger partial charge in [-0.05, 0) is 20.8 Å². The van der Waals surface area contributed by atoms with Crippen molar-refractivity contribution in [3.63, 3.8) is 0 Å². The highest BCUT2D eigenvalue weighted by molar-refractivity contribution is 6.37. The van der Waals surface area contributed by atoms with E-state index >= 15 is 0 Å². The van der Waals surface area contributed by atoms with Gasteiger partial charge in [0.05, 0.1) is 18.8 Å². The first kappa shape index (κ1) is 11.7. The van der Waals surface area contributed by atoms with Crippen molar-refractivity contribution < 1.29 is 14.0 Å². The van der Waals surface area contributed by atoms with E-state index in [0.717, 1.165) is 0 Å². The molecule has 0 aliphatic rings. The SMILES string of the molecule is C/C=C\OB(O/C=C\C)O/C=C\C. The summed E-state index contributed by atoms with van der Waals surface area (Å²) in [7, 11) is -0.719. The summed E-state index contributed by atoms with van der Waals surface area (Å²) in [6.45, 7) is 5.55. The second-order valence-electron chi connectivity index (χ2n) is 2.11. The lowest BCUT2D eigenvalue weighted by atomic mass is 10.2. The molecule has 0 atom stereocenters. The van der Waals surface area contributed by atoms with Crippen LogP contribution in [0.5, 0.6) is 0 Å². The van der Waals surface area contributed by atoms with Crippen LogP contribution in [0.15, 0.2) is 37.0 Å². The molecule has 72 valence electrons. The molecule has 0 aromatic rings. The Morgan fingerprint density at radius 1 is 0.692 bits per heavy atom. The zero-order chi connectivity index (χ0) is 9.94. The molecule has 0 N–H and O–H groups in total. The molecule has 0 bridgehead atoms. The lowest BCUT2D eigenvalue weighted by molar-refractivity contribution is 0.223. The number of hydrogen-bond acceptors (Lipinski definition) is 3. The summed E-state index contributed by atoms with van der Waals surface area (Å²) >= 11 is 0. The second kappa shape index (κ2) is 8.78. The molecule has 0 radical (unpaired) electrons. The number of rotatable bonds is 6. The maximum atomic E-state index is 5.07. The van der Waals surface area contributed by atoms with E-state index in [-0.39, 0.29) is 0 Å². The molecular weight excluding hydrogens is 167 g/mol. The molecule has 0 spiro atoms. The van der Waals surface area contributed by atoms with Crippen molar-refractivity contribution in [2.45, 2.75) is 20.8 Å². The maximum Gasteiger partial charge on any atom is 0.862 e. The van der Waals surface area contributed by atoms with Crippen molar-refractivity contribution in [2.24, 2.45) is 0 Å². The highest BCUT2D eigenvalue weighted by Gasteiger charge is 2.23. The lowest BCUT2D eigenvalue weighted by Gasteiger charge is -2.07. The summed E-state index contributed by atoms with van der Waals surface area (Å²) in [6.07, 6.45) is 9.80. The van der Waals surface area contributed by atoms with E-state index in [9.17, 15) is 0 Å². The number of hydrogen-bond donors (Lipinski definition) is 0. The molecule has 0 aliphatic carbocycles. The van der Waals surface area contributed by atoms with Crippen LogP contribution in [0.25, 0.3) is 0 Å². The van der Waals surface area contributed by atoms with Gasteiger partial charge in [-0.25, -0.2) is 0 Å². The minimum absolute atomic E-state index is 0.719. The minimum Gasteiger partial charge on any atom is -0.497 e. The Morgan fingerprint density at radius 2 is 1.00 bits per heavy atom. The summed E-state index contributed by atoms with van der Waals surface area (Å²) in [4.78, 5) is 0. The van der Waals surface area contributed by atoms with E-state index in [1.807, 2.05) is 20.8 Å². The first-order valence-electron chi connectivity index (χ1n) is 4.15. The van der Waals surface area contributed by atoms with Crippen molar-refractivity contribution in [3.8, 4) is 0 Å². The zero-order valence-corrected chi connectivity index (χ0v) is 8.27. The van der Waals surface area contributed by atoms with E-state index in [2.05, 4.69) is 0 Å². The summed E-state index contributed by atoms with van der Waals surface area (Å²) in [6, 6.07) is 0. The fraction of sp³-hybridized carbons (Fsp3) is 0.333. The third-order valence-electron chi connectivity index (χ3n) is 0.977. The standard InChI is InChI=1S/C9H15BO3/c1-4-7-11-10(12-8-5-2)13-9-6-3/h4-9H,1-3H3/b7-4-,8-5-,9-6-. The summed E-state index contributed by atoms with van der Waals surface area (Å²) in [5.41, 5.74) is 0. The monoisotopic (exact) mass is 182 g/mol. The minimum atomic E-state index is -0.719. The molecule has 0 saturated carbocycles. The Balaban J connectivity index is 3.86. The average Bonchev–Trinajstić information content (AvgIpc) is 2.17. The van der Waals surface area contributed by atoms with Crippen LogP contribution in [0.3, 0.4) is 0 Å². The third kappa shape index (κ3) is 7.06. The van der Waals surface area contributed by atoms with Crippen molar-refractivity contribution >= 4 is 7.32 Å². The fourth-order valence-corrected chi connectivity index (χ4v) is 0.524. The summed E-state index contributed by atoms with van der Waals surface area (Å²) in [5.74, 6) is 0. The first-order valence-corrected chi connectivity index (χ1v) is 4.15. The Kier molecular flexibility index (Phi) is 7.89. The first-order chi connectivity index (χ1) is 6.35. The Hall–Kier alpha value is -1.32. The Labute approximate surface area is 79.9 Å². The third-order valence-corrected chi connectivity index (χ3v) is 0.977. The van der Waals surface area contributed by atoms with Gasteiger partial charge < -0.3 is 14.0 Å². The van der Waals surface area contributed by atoms with Crippen LogP contribution in [-0.4, -0.2) is 7.32 Å². The largest absolute Gasteiger partial charge is 0.862 e. The van der Waals surface area contributed by atoms with Gasteiger partial charge in [-0.15, -0.1) is 0 Å². The summed E-state index contributed by atoms with van der Waals surface area (Å²) in [5, 5.41) is 0. The average molecular weight is 182 g/mol. The summed E-state index contributed by atoms with van der Waals surface area (Å²) < 4.78 is 15.2. The molecule has 0 aliphatic heterocycles. The molecule has 0 aromatic carbocycles. The molecule has 13 heavy (non-hydrogen) atoms. The molecule has 0 amide bonds. The zero-order valence-electron chi connectivity index (χ0n) is 8.27. The van der Waals surface area contributed by atoms with Gasteiger partial charge in [0.1, 0.15) is 0 Å². The normalized spacial score (nSPS) is 11.3. The van der Waals surface area contributed by atoms with Crippen LogP contribution in [-0.2, 0) is 14.0 Å². The van der Waals surface area contributed by atoms with Gasteiger partial charge in [0.2, 0.25) is 0 Å². The quantitative estimate of drug-likeness (QED) is 0.466. The number of allylic oxidation sites excluding steroid dienone is 3. The van der Waals surface area contributed by atoms with Gasteiger partial charge in [0, 0.05) is 0 Å². The second-order valence-corrected chi connectivity index (χ2v) is 2.11. The van der Waals surface area contributed by atoms with E-state index in [1.54, 1.807) is 18.2 Å². The van der Waals surface area contributed by atoms with Crippen LogP contribution < -0.4 is 0 Å². The molecule has 0 heterocycles. The van der Waals surface area contributed by atoms with E-state index in [4.69, 9.17) is 14.0 Å². The van der Waals surface area contributed by atoms with Crippen LogP contribution in [0.2, 0.25) is 0 Å². The van der Waals surface area contributed by atoms with E-state index in [1.165, 1.54) is 18.8 Å². The molecule has 0 unspecified atom stereocenters. The molecule has 0 aromatic heterocycles. The van der Waals surface area contributed by atoms with Crippen LogP contribution in [0.1, 0.15) is 20.8 Å².